The molecule has 1 aromatic carbocycles. The lowest BCUT2D eigenvalue weighted by Gasteiger charge is -2.09. The van der Waals surface area contributed by atoms with Crippen LogP contribution in [0.2, 0.25) is 0 Å². The first-order valence-electron chi connectivity index (χ1n) is 9.38. The zero-order chi connectivity index (χ0) is 19.5. The standard InChI is InChI=1S/C19H21N6O2S/c1-12-2-6-15(7-3-12)28(26,27)24-9-8-16-19(24)21-11-17-22-23-18(25(16)17)13-4-5-14(20)10-13/h2-3,6-7,9,11,13-14H,4-5,8,10,20H2,1H3/q+1/t13-,14+/m1/s1. The van der Waals surface area contributed by atoms with Gasteiger partial charge >= 0.3 is 15.8 Å². The van der Waals surface area contributed by atoms with Gasteiger partial charge in [-0.3, -0.25) is 4.40 Å². The Labute approximate surface area is 162 Å². The SMILES string of the molecule is Cc1ccc(S(=O)(=O)[N+]2=CCc3c2ncc2nnc([C@@H]4CC[C@H](N)C4)n32)cc1. The number of benzene rings is 1. The summed E-state index contributed by atoms with van der Waals surface area (Å²) >= 11 is 0. The average molecular weight is 397 g/mol. The van der Waals surface area contributed by atoms with E-state index in [2.05, 4.69) is 15.2 Å². The van der Waals surface area contributed by atoms with Gasteiger partial charge in [-0.1, -0.05) is 17.7 Å². The molecule has 3 heterocycles. The molecular formula is C19H21N6O2S+. The van der Waals surface area contributed by atoms with Crippen LogP contribution in [0, 0.1) is 6.92 Å². The lowest BCUT2D eigenvalue weighted by atomic mass is 10.1. The quantitative estimate of drug-likeness (QED) is 0.674. The third-order valence-corrected chi connectivity index (χ3v) is 7.33. The van der Waals surface area contributed by atoms with E-state index in [0.29, 0.717) is 17.9 Å². The van der Waals surface area contributed by atoms with Gasteiger partial charge in [0.1, 0.15) is 16.4 Å². The molecule has 2 N–H and O–H groups in total. The number of sulfonamides is 1. The highest BCUT2D eigenvalue weighted by Crippen LogP contribution is 2.35. The maximum Gasteiger partial charge on any atom is 0.358 e. The molecule has 8 nitrogen and oxygen atoms in total. The molecule has 3 aromatic rings. The Balaban J connectivity index is 1.61. The molecule has 0 spiro atoms. The highest BCUT2D eigenvalue weighted by molar-refractivity contribution is 7.85. The number of hydrogen-bond acceptors (Lipinski definition) is 6. The van der Waals surface area contributed by atoms with Gasteiger partial charge in [0, 0.05) is 12.0 Å². The molecule has 2 aliphatic rings. The summed E-state index contributed by atoms with van der Waals surface area (Å²) in [6, 6.07) is 7.01. The summed E-state index contributed by atoms with van der Waals surface area (Å²) in [6.45, 7) is 1.93. The van der Waals surface area contributed by atoms with E-state index < -0.39 is 10.0 Å². The Morgan fingerprint density at radius 1 is 1.18 bits per heavy atom. The maximum absolute atomic E-state index is 13.2. The fraction of sp³-hybridized carbons (Fsp3) is 0.368. The molecule has 0 amide bonds. The van der Waals surface area contributed by atoms with Crippen LogP contribution in [0.1, 0.15) is 42.3 Å². The van der Waals surface area contributed by atoms with E-state index in [-0.39, 0.29) is 16.9 Å². The fourth-order valence-electron chi connectivity index (χ4n) is 4.14. The van der Waals surface area contributed by atoms with Crippen LogP contribution in [0.25, 0.3) is 5.65 Å². The number of nitrogens with two attached hydrogens (primary N) is 1. The molecule has 1 aliphatic carbocycles. The summed E-state index contributed by atoms with van der Waals surface area (Å²) < 4.78 is 29.6. The number of aromatic nitrogens is 4. The Morgan fingerprint density at radius 2 is 1.96 bits per heavy atom. The third kappa shape index (κ3) is 2.57. The normalized spacial score (nSPS) is 21.9. The van der Waals surface area contributed by atoms with Crippen LogP contribution in [0.3, 0.4) is 0 Å². The number of aryl methyl sites for hydroxylation is 1. The van der Waals surface area contributed by atoms with Crippen LogP contribution in [0.5, 0.6) is 0 Å². The molecular weight excluding hydrogens is 376 g/mol. The van der Waals surface area contributed by atoms with Crippen molar-refractivity contribution < 1.29 is 12.4 Å². The van der Waals surface area contributed by atoms with Gasteiger partial charge < -0.3 is 5.73 Å². The summed E-state index contributed by atoms with van der Waals surface area (Å²) in [4.78, 5) is 4.65. The Hall–Kier alpha value is -2.65. The van der Waals surface area contributed by atoms with Crippen molar-refractivity contribution in [2.24, 2.45) is 5.73 Å². The van der Waals surface area contributed by atoms with E-state index in [1.165, 1.54) is 3.98 Å². The van der Waals surface area contributed by atoms with Gasteiger partial charge in [0.25, 0.3) is 0 Å². The predicted octanol–water partition coefficient (Wildman–Crippen LogP) is 1.69. The fourth-order valence-corrected chi connectivity index (χ4v) is 5.49. The molecule has 1 fully saturated rings. The highest BCUT2D eigenvalue weighted by Gasteiger charge is 2.37. The number of hydrogen-bond donors (Lipinski definition) is 1. The maximum atomic E-state index is 13.2. The van der Waals surface area contributed by atoms with Gasteiger partial charge in [-0.2, -0.15) is 8.42 Å². The number of rotatable bonds is 3. The summed E-state index contributed by atoms with van der Waals surface area (Å²) in [5.41, 5.74) is 8.52. The monoisotopic (exact) mass is 397 g/mol. The van der Waals surface area contributed by atoms with Gasteiger partial charge in [-0.25, -0.2) is 0 Å². The molecule has 0 radical (unpaired) electrons. The lowest BCUT2D eigenvalue weighted by Crippen LogP contribution is -2.17. The Morgan fingerprint density at radius 3 is 2.68 bits per heavy atom. The minimum atomic E-state index is -3.72. The van der Waals surface area contributed by atoms with Crippen molar-refractivity contribution in [2.75, 3.05) is 0 Å². The molecule has 1 aliphatic heterocycles. The van der Waals surface area contributed by atoms with E-state index >= 15 is 0 Å². The van der Waals surface area contributed by atoms with Gasteiger partial charge in [0.05, 0.1) is 12.6 Å². The molecule has 2 atom stereocenters. The Bertz CT molecular complexity index is 1210. The van der Waals surface area contributed by atoms with Gasteiger partial charge in [-0.05, 0) is 43.3 Å². The minimum absolute atomic E-state index is 0.178. The van der Waals surface area contributed by atoms with Gasteiger partial charge in [-0.15, -0.1) is 14.2 Å². The predicted molar refractivity (Wildman–Crippen MR) is 103 cm³/mol. The second-order valence-electron chi connectivity index (χ2n) is 7.55. The summed E-state index contributed by atoms with van der Waals surface area (Å²) in [5.74, 6) is 1.50. The number of nitrogens with zero attached hydrogens (tertiary/aromatic N) is 5. The van der Waals surface area contributed by atoms with Crippen molar-refractivity contribution >= 4 is 27.7 Å². The van der Waals surface area contributed by atoms with Gasteiger partial charge in [0.2, 0.25) is 5.65 Å². The van der Waals surface area contributed by atoms with Crippen molar-refractivity contribution in [3.8, 4) is 0 Å². The summed E-state index contributed by atoms with van der Waals surface area (Å²) in [5, 5.41) is 8.63. The smallest absolute Gasteiger partial charge is 0.328 e. The zero-order valence-electron chi connectivity index (χ0n) is 15.5. The molecule has 0 unspecified atom stereocenters. The second-order valence-corrected chi connectivity index (χ2v) is 9.37. The molecule has 1 saturated carbocycles. The van der Waals surface area contributed by atoms with Crippen molar-refractivity contribution in [2.45, 2.75) is 49.5 Å². The van der Waals surface area contributed by atoms with E-state index in [9.17, 15) is 8.42 Å². The number of fused-ring (bicyclic) bond motifs is 3. The molecule has 144 valence electrons. The molecule has 28 heavy (non-hydrogen) atoms. The van der Waals surface area contributed by atoms with Gasteiger partial charge in [0.15, 0.2) is 6.20 Å². The van der Waals surface area contributed by atoms with Crippen molar-refractivity contribution in [1.82, 2.24) is 19.6 Å². The van der Waals surface area contributed by atoms with Crippen LogP contribution >= 0.6 is 0 Å². The van der Waals surface area contributed by atoms with Crippen LogP contribution in [0.15, 0.2) is 35.4 Å². The lowest BCUT2D eigenvalue weighted by molar-refractivity contribution is -0.257. The first kappa shape index (κ1) is 17.4. The van der Waals surface area contributed by atoms with Crippen LogP contribution in [0.4, 0.5) is 5.82 Å². The highest BCUT2D eigenvalue weighted by atomic mass is 32.2. The van der Waals surface area contributed by atoms with Crippen molar-refractivity contribution in [1.29, 1.82) is 0 Å². The Kier molecular flexibility index (Phi) is 3.85. The van der Waals surface area contributed by atoms with E-state index in [1.54, 1.807) is 36.7 Å². The second kappa shape index (κ2) is 6.18. The molecule has 9 heteroatoms. The minimum Gasteiger partial charge on any atom is -0.328 e. The van der Waals surface area contributed by atoms with Crippen LogP contribution < -0.4 is 5.73 Å². The van der Waals surface area contributed by atoms with E-state index in [1.807, 2.05) is 11.3 Å². The molecule has 0 saturated heterocycles. The molecule has 0 bridgehead atoms. The van der Waals surface area contributed by atoms with E-state index in [0.717, 1.165) is 36.3 Å². The van der Waals surface area contributed by atoms with Crippen molar-refractivity contribution in [3.05, 3.63) is 47.5 Å². The average Bonchev–Trinajstić information content (AvgIpc) is 3.38. The molecule has 2 aromatic heterocycles. The first-order valence-corrected chi connectivity index (χ1v) is 10.8. The zero-order valence-corrected chi connectivity index (χ0v) is 16.3. The third-order valence-electron chi connectivity index (χ3n) is 5.62. The topological polar surface area (TPSA) is 106 Å². The van der Waals surface area contributed by atoms with E-state index in [4.69, 9.17) is 5.73 Å². The summed E-state index contributed by atoms with van der Waals surface area (Å²) in [7, 11) is -3.72. The van der Waals surface area contributed by atoms with Crippen molar-refractivity contribution in [3.63, 3.8) is 0 Å². The molecule has 5 rings (SSSR count). The summed E-state index contributed by atoms with van der Waals surface area (Å²) in [6.07, 6.45) is 6.50. The van der Waals surface area contributed by atoms with Crippen LogP contribution in [-0.4, -0.2) is 44.2 Å². The first-order chi connectivity index (χ1) is 13.4. The van der Waals surface area contributed by atoms with Crippen LogP contribution in [-0.2, 0) is 16.4 Å². The largest absolute Gasteiger partial charge is 0.358 e.